The van der Waals surface area contributed by atoms with Crippen LogP contribution in [0, 0.1) is 6.92 Å². The Kier molecular flexibility index (Phi) is 5.65. The minimum Gasteiger partial charge on any atom is -0.440 e. The fourth-order valence-corrected chi connectivity index (χ4v) is 3.70. The van der Waals surface area contributed by atoms with Crippen LogP contribution in [0.15, 0.2) is 64.7 Å². The summed E-state index contributed by atoms with van der Waals surface area (Å²) in [6.07, 6.45) is 4.29. The summed E-state index contributed by atoms with van der Waals surface area (Å²) in [6, 6.07) is 14.7. The van der Waals surface area contributed by atoms with Crippen LogP contribution in [0.3, 0.4) is 0 Å². The molecule has 0 N–H and O–H groups in total. The van der Waals surface area contributed by atoms with Gasteiger partial charge in [0.1, 0.15) is 5.01 Å². The van der Waals surface area contributed by atoms with E-state index in [0.29, 0.717) is 19.6 Å². The summed E-state index contributed by atoms with van der Waals surface area (Å²) in [7, 11) is 0. The first-order valence-corrected chi connectivity index (χ1v) is 10.2. The van der Waals surface area contributed by atoms with Crippen LogP contribution < -0.4 is 0 Å². The van der Waals surface area contributed by atoms with Gasteiger partial charge in [-0.2, -0.15) is 0 Å². The number of ether oxygens (including phenoxy) is 1. The maximum Gasteiger partial charge on any atom is 0.199 e. The number of nitrogens with zero attached hydrogens (tertiary/aromatic N) is 2. The third-order valence-corrected chi connectivity index (χ3v) is 5.45. The molecule has 2 heterocycles. The van der Waals surface area contributed by atoms with Crippen LogP contribution in [-0.4, -0.2) is 16.6 Å². The van der Waals surface area contributed by atoms with E-state index in [1.807, 2.05) is 18.5 Å². The molecule has 4 nitrogen and oxygen atoms in total. The number of benzene rings is 2. The average Bonchev–Trinajstić information content (AvgIpc) is 3.41. The molecule has 28 heavy (non-hydrogen) atoms. The maximum atomic E-state index is 6.02. The first-order valence-electron chi connectivity index (χ1n) is 9.34. The Morgan fingerprint density at radius 2 is 1.86 bits per heavy atom. The fraction of sp³-hybridized carbons (Fsp3) is 0.217. The largest absolute Gasteiger partial charge is 0.440 e. The van der Waals surface area contributed by atoms with Gasteiger partial charge in [-0.1, -0.05) is 42.5 Å². The number of aryl methyl sites for hydroxylation is 1. The predicted molar refractivity (Wildman–Crippen MR) is 112 cm³/mol. The monoisotopic (exact) mass is 390 g/mol. The van der Waals surface area contributed by atoms with Crippen LogP contribution in [0.1, 0.15) is 29.5 Å². The van der Waals surface area contributed by atoms with Crippen molar-refractivity contribution in [2.75, 3.05) is 6.61 Å². The smallest absolute Gasteiger partial charge is 0.199 e. The van der Waals surface area contributed by atoms with Crippen LogP contribution in [-0.2, 0) is 17.8 Å². The van der Waals surface area contributed by atoms with Crippen molar-refractivity contribution in [1.29, 1.82) is 0 Å². The third kappa shape index (κ3) is 4.21. The number of aromatic nitrogens is 2. The van der Waals surface area contributed by atoms with Gasteiger partial charge < -0.3 is 9.15 Å². The lowest BCUT2D eigenvalue weighted by molar-refractivity contribution is 0.134. The molecule has 0 amide bonds. The molecule has 0 radical (unpaired) electrons. The van der Waals surface area contributed by atoms with Crippen LogP contribution in [0.4, 0.5) is 0 Å². The number of hydrogen-bond acceptors (Lipinski definition) is 5. The first-order chi connectivity index (χ1) is 13.7. The molecule has 0 bridgehead atoms. The zero-order valence-electron chi connectivity index (χ0n) is 16.0. The van der Waals surface area contributed by atoms with E-state index in [0.717, 1.165) is 27.8 Å². The van der Waals surface area contributed by atoms with Crippen molar-refractivity contribution < 1.29 is 9.15 Å². The van der Waals surface area contributed by atoms with Gasteiger partial charge in [-0.15, -0.1) is 11.3 Å². The van der Waals surface area contributed by atoms with Gasteiger partial charge >= 0.3 is 0 Å². The minimum absolute atomic E-state index is 0.631. The Hall–Kier alpha value is -2.76. The predicted octanol–water partition coefficient (Wildman–Crippen LogP) is 5.90. The van der Waals surface area contributed by atoms with Gasteiger partial charge in [-0.3, -0.25) is 0 Å². The molecule has 0 saturated heterocycles. The standard InChI is InChI=1S/C23H22N2O2S/c1-3-26-15-17-5-4-16(2)20(12-17)13-22-25-14-21(27-22)18-6-8-19(9-7-18)23-24-10-11-28-23/h4-12,14H,3,13,15H2,1-2H3. The molecule has 5 heteroatoms. The number of hydrogen-bond donors (Lipinski definition) is 0. The normalized spacial score (nSPS) is 11.1. The lowest BCUT2D eigenvalue weighted by Gasteiger charge is -2.07. The van der Waals surface area contributed by atoms with Crippen molar-refractivity contribution in [3.63, 3.8) is 0 Å². The van der Waals surface area contributed by atoms with Crippen molar-refractivity contribution >= 4 is 11.3 Å². The molecule has 0 aliphatic carbocycles. The molecule has 0 saturated carbocycles. The molecule has 0 aliphatic rings. The zero-order chi connectivity index (χ0) is 19.3. The highest BCUT2D eigenvalue weighted by atomic mass is 32.1. The van der Waals surface area contributed by atoms with Crippen molar-refractivity contribution in [3.8, 4) is 21.9 Å². The molecule has 0 fully saturated rings. The molecule has 2 aromatic carbocycles. The summed E-state index contributed by atoms with van der Waals surface area (Å²) in [5, 5.41) is 3.00. The highest BCUT2D eigenvalue weighted by Gasteiger charge is 2.10. The molecule has 0 atom stereocenters. The van der Waals surface area contributed by atoms with Crippen LogP contribution >= 0.6 is 11.3 Å². The molecule has 0 unspecified atom stereocenters. The zero-order valence-corrected chi connectivity index (χ0v) is 16.8. The van der Waals surface area contributed by atoms with E-state index in [1.165, 1.54) is 16.7 Å². The van der Waals surface area contributed by atoms with Gasteiger partial charge in [0.2, 0.25) is 0 Å². The second-order valence-electron chi connectivity index (χ2n) is 6.61. The van der Waals surface area contributed by atoms with E-state index in [4.69, 9.17) is 9.15 Å². The summed E-state index contributed by atoms with van der Waals surface area (Å²) in [4.78, 5) is 8.83. The Bertz CT molecular complexity index is 1040. The van der Waals surface area contributed by atoms with Gasteiger partial charge in [-0.05, 0) is 30.5 Å². The van der Waals surface area contributed by atoms with Crippen molar-refractivity contribution in [2.24, 2.45) is 0 Å². The van der Waals surface area contributed by atoms with E-state index in [1.54, 1.807) is 17.5 Å². The Balaban J connectivity index is 1.50. The molecule has 0 spiro atoms. The second-order valence-corrected chi connectivity index (χ2v) is 7.50. The Labute approximate surface area is 168 Å². The highest BCUT2D eigenvalue weighted by Crippen LogP contribution is 2.27. The van der Waals surface area contributed by atoms with Gasteiger partial charge in [0, 0.05) is 35.7 Å². The summed E-state index contributed by atoms with van der Waals surface area (Å²) >= 11 is 1.63. The first kappa shape index (κ1) is 18.6. The highest BCUT2D eigenvalue weighted by molar-refractivity contribution is 7.13. The Morgan fingerprint density at radius 3 is 2.61 bits per heavy atom. The van der Waals surface area contributed by atoms with E-state index < -0.39 is 0 Å². The van der Waals surface area contributed by atoms with E-state index in [-0.39, 0.29) is 0 Å². The topological polar surface area (TPSA) is 48.2 Å². The number of rotatable bonds is 7. The van der Waals surface area contributed by atoms with Gasteiger partial charge in [0.05, 0.1) is 12.8 Å². The van der Waals surface area contributed by atoms with E-state index >= 15 is 0 Å². The quantitative estimate of drug-likeness (QED) is 0.394. The number of oxazole rings is 1. The lowest BCUT2D eigenvalue weighted by atomic mass is 10.0. The molecular weight excluding hydrogens is 368 g/mol. The SMILES string of the molecule is CCOCc1ccc(C)c(Cc2ncc(-c3ccc(-c4nccs4)cc3)o2)c1. The molecule has 4 rings (SSSR count). The van der Waals surface area contributed by atoms with Crippen molar-refractivity contribution in [3.05, 3.63) is 82.8 Å². The van der Waals surface area contributed by atoms with E-state index in [2.05, 4.69) is 59.4 Å². The molecule has 2 aromatic heterocycles. The molecule has 4 aromatic rings. The summed E-state index contributed by atoms with van der Waals surface area (Å²) in [5.41, 5.74) is 5.74. The average molecular weight is 391 g/mol. The third-order valence-electron chi connectivity index (χ3n) is 4.63. The van der Waals surface area contributed by atoms with Gasteiger partial charge in [0.25, 0.3) is 0 Å². The van der Waals surface area contributed by atoms with Crippen molar-refractivity contribution in [2.45, 2.75) is 26.9 Å². The van der Waals surface area contributed by atoms with Crippen LogP contribution in [0.2, 0.25) is 0 Å². The second kappa shape index (κ2) is 8.50. The van der Waals surface area contributed by atoms with Crippen molar-refractivity contribution in [1.82, 2.24) is 9.97 Å². The lowest BCUT2D eigenvalue weighted by Crippen LogP contribution is -1.97. The maximum absolute atomic E-state index is 6.02. The summed E-state index contributed by atoms with van der Waals surface area (Å²) in [5.74, 6) is 1.50. The Morgan fingerprint density at radius 1 is 1.04 bits per heavy atom. The summed E-state index contributed by atoms with van der Waals surface area (Å²) in [6.45, 7) is 5.47. The van der Waals surface area contributed by atoms with Gasteiger partial charge in [0.15, 0.2) is 11.7 Å². The molecule has 142 valence electrons. The van der Waals surface area contributed by atoms with Crippen LogP contribution in [0.25, 0.3) is 21.9 Å². The van der Waals surface area contributed by atoms with Crippen LogP contribution in [0.5, 0.6) is 0 Å². The van der Waals surface area contributed by atoms with E-state index in [9.17, 15) is 0 Å². The number of thiazole rings is 1. The molecule has 0 aliphatic heterocycles. The molecular formula is C23H22N2O2S. The fourth-order valence-electron chi connectivity index (χ4n) is 3.06. The minimum atomic E-state index is 0.631. The van der Waals surface area contributed by atoms with Gasteiger partial charge in [-0.25, -0.2) is 9.97 Å². The summed E-state index contributed by atoms with van der Waals surface area (Å²) < 4.78 is 11.5.